The first-order valence-electron chi connectivity index (χ1n) is 8.37. The summed E-state index contributed by atoms with van der Waals surface area (Å²) < 4.78 is 27.1. The molecule has 26 heavy (non-hydrogen) atoms. The molecule has 0 aliphatic carbocycles. The van der Waals surface area contributed by atoms with Crippen LogP contribution in [-0.4, -0.2) is 31.7 Å². The number of nitrogens with zero attached hydrogens (tertiary/aromatic N) is 1. The van der Waals surface area contributed by atoms with Crippen LogP contribution in [0.25, 0.3) is 0 Å². The molecule has 5 nitrogen and oxygen atoms in total. The number of hydrogen-bond acceptors (Lipinski definition) is 3. The Bertz CT molecular complexity index is 897. The zero-order chi connectivity index (χ0) is 19.3. The molecule has 1 N–H and O–H groups in total. The smallest absolute Gasteiger partial charge is 0.245 e. The van der Waals surface area contributed by atoms with Crippen molar-refractivity contribution in [2.75, 3.05) is 18.4 Å². The Morgan fingerprint density at radius 3 is 2.46 bits per heavy atom. The lowest BCUT2D eigenvalue weighted by Crippen LogP contribution is -2.38. The van der Waals surface area contributed by atoms with E-state index in [4.69, 9.17) is 11.6 Å². The fraction of sp³-hybridized carbons (Fsp3) is 0.316. The highest BCUT2D eigenvalue weighted by Gasteiger charge is 2.28. The number of amides is 1. The summed E-state index contributed by atoms with van der Waals surface area (Å²) in [5, 5.41) is 2.93. The van der Waals surface area contributed by atoms with E-state index >= 15 is 0 Å². The van der Waals surface area contributed by atoms with Crippen LogP contribution >= 0.6 is 11.6 Å². The van der Waals surface area contributed by atoms with Gasteiger partial charge in [0.05, 0.1) is 11.6 Å². The van der Waals surface area contributed by atoms with E-state index in [1.807, 2.05) is 39.0 Å². The number of para-hydroxylation sites is 1. The first-order valence-corrected chi connectivity index (χ1v) is 10.2. The van der Waals surface area contributed by atoms with E-state index < -0.39 is 10.0 Å². The Morgan fingerprint density at radius 1 is 1.15 bits per heavy atom. The molecule has 7 heteroatoms. The lowest BCUT2D eigenvalue weighted by molar-refractivity contribution is -0.116. The fourth-order valence-corrected chi connectivity index (χ4v) is 4.61. The Kier molecular flexibility index (Phi) is 6.81. The van der Waals surface area contributed by atoms with E-state index in [1.165, 1.54) is 6.07 Å². The van der Waals surface area contributed by atoms with Gasteiger partial charge in [0.15, 0.2) is 0 Å². The molecule has 0 aliphatic heterocycles. The number of carbonyl (C=O) groups is 1. The second-order valence-corrected chi connectivity index (χ2v) is 8.45. The van der Waals surface area contributed by atoms with Crippen molar-refractivity contribution in [1.82, 2.24) is 4.31 Å². The maximum atomic E-state index is 13.0. The Balaban J connectivity index is 2.24. The van der Waals surface area contributed by atoms with Crippen LogP contribution in [0.3, 0.4) is 0 Å². The topological polar surface area (TPSA) is 66.5 Å². The number of aryl methyl sites for hydroxylation is 2. The van der Waals surface area contributed by atoms with Gasteiger partial charge in [-0.15, -0.1) is 0 Å². The van der Waals surface area contributed by atoms with Gasteiger partial charge in [0, 0.05) is 12.2 Å². The summed E-state index contributed by atoms with van der Waals surface area (Å²) in [6, 6.07) is 12.1. The SMILES string of the molecule is CCCN(CC(=O)Nc1ccccc1C)S(=O)(=O)c1ccc(C)cc1Cl. The average molecular weight is 395 g/mol. The highest BCUT2D eigenvalue weighted by Crippen LogP contribution is 2.26. The molecule has 1 amide bonds. The van der Waals surface area contributed by atoms with Crippen molar-refractivity contribution in [2.24, 2.45) is 0 Å². The van der Waals surface area contributed by atoms with Gasteiger partial charge in [0.2, 0.25) is 15.9 Å². The van der Waals surface area contributed by atoms with Gasteiger partial charge in [0.1, 0.15) is 4.90 Å². The minimum atomic E-state index is -3.87. The van der Waals surface area contributed by atoms with Crippen molar-refractivity contribution in [3.63, 3.8) is 0 Å². The minimum absolute atomic E-state index is 0.0157. The van der Waals surface area contributed by atoms with Crippen molar-refractivity contribution in [2.45, 2.75) is 32.1 Å². The lowest BCUT2D eigenvalue weighted by Gasteiger charge is -2.22. The minimum Gasteiger partial charge on any atom is -0.325 e. The van der Waals surface area contributed by atoms with Crippen LogP contribution in [0.4, 0.5) is 5.69 Å². The summed E-state index contributed by atoms with van der Waals surface area (Å²) in [6.45, 7) is 5.53. The van der Waals surface area contributed by atoms with Crippen molar-refractivity contribution in [3.05, 3.63) is 58.6 Å². The molecule has 0 heterocycles. The van der Waals surface area contributed by atoms with Gasteiger partial charge in [-0.25, -0.2) is 8.42 Å². The molecular weight excluding hydrogens is 372 g/mol. The number of sulfonamides is 1. The lowest BCUT2D eigenvalue weighted by atomic mass is 10.2. The van der Waals surface area contributed by atoms with Gasteiger partial charge < -0.3 is 5.32 Å². The monoisotopic (exact) mass is 394 g/mol. The molecular formula is C19H23ClN2O3S. The number of nitrogens with one attached hydrogen (secondary N) is 1. The van der Waals surface area contributed by atoms with Gasteiger partial charge in [0.25, 0.3) is 0 Å². The molecule has 2 rings (SSSR count). The standard InChI is InChI=1S/C19H23ClN2O3S/c1-4-11-22(13-19(23)21-17-8-6-5-7-15(17)3)26(24,25)18-10-9-14(2)12-16(18)20/h5-10,12H,4,11,13H2,1-3H3,(H,21,23). The highest BCUT2D eigenvalue weighted by molar-refractivity contribution is 7.89. The molecule has 2 aromatic carbocycles. The van der Waals surface area contributed by atoms with E-state index in [1.54, 1.807) is 18.2 Å². The number of rotatable bonds is 7. The second kappa shape index (κ2) is 8.66. The second-order valence-electron chi connectivity index (χ2n) is 6.14. The van der Waals surface area contributed by atoms with Gasteiger partial charge in [-0.3, -0.25) is 4.79 Å². The molecule has 0 radical (unpaired) electrons. The van der Waals surface area contributed by atoms with Crippen molar-refractivity contribution in [3.8, 4) is 0 Å². The van der Waals surface area contributed by atoms with Crippen molar-refractivity contribution < 1.29 is 13.2 Å². The Hall–Kier alpha value is -1.89. The van der Waals surface area contributed by atoms with Gasteiger partial charge in [-0.2, -0.15) is 4.31 Å². The highest BCUT2D eigenvalue weighted by atomic mass is 35.5. The van der Waals surface area contributed by atoms with Gasteiger partial charge in [-0.05, 0) is 49.6 Å². The Labute approximate surface area is 160 Å². The molecule has 0 atom stereocenters. The predicted molar refractivity (Wildman–Crippen MR) is 105 cm³/mol. The number of benzene rings is 2. The number of hydrogen-bond donors (Lipinski definition) is 1. The molecule has 0 saturated heterocycles. The first kappa shape index (κ1) is 20.4. The summed E-state index contributed by atoms with van der Waals surface area (Å²) in [4.78, 5) is 12.4. The van der Waals surface area contributed by atoms with Crippen LogP contribution in [0, 0.1) is 13.8 Å². The van der Waals surface area contributed by atoms with E-state index in [-0.39, 0.29) is 28.9 Å². The largest absolute Gasteiger partial charge is 0.325 e. The average Bonchev–Trinajstić information content (AvgIpc) is 2.56. The molecule has 0 bridgehead atoms. The van der Waals surface area contributed by atoms with Crippen LogP contribution in [0.2, 0.25) is 5.02 Å². The zero-order valence-corrected chi connectivity index (χ0v) is 16.7. The molecule has 0 unspecified atom stereocenters. The molecule has 0 aliphatic rings. The normalized spacial score (nSPS) is 11.6. The van der Waals surface area contributed by atoms with Crippen LogP contribution in [-0.2, 0) is 14.8 Å². The summed E-state index contributed by atoms with van der Waals surface area (Å²) in [5.41, 5.74) is 2.44. The summed E-state index contributed by atoms with van der Waals surface area (Å²) in [6.07, 6.45) is 0.584. The maximum Gasteiger partial charge on any atom is 0.245 e. The fourth-order valence-electron chi connectivity index (χ4n) is 2.55. The molecule has 140 valence electrons. The molecule has 0 fully saturated rings. The van der Waals surface area contributed by atoms with Crippen molar-refractivity contribution >= 4 is 33.2 Å². The third-order valence-corrected chi connectivity index (χ3v) is 6.25. The zero-order valence-electron chi connectivity index (χ0n) is 15.1. The number of carbonyl (C=O) groups excluding carboxylic acids is 1. The van der Waals surface area contributed by atoms with E-state index in [0.717, 1.165) is 15.4 Å². The molecule has 2 aromatic rings. The molecule has 0 aromatic heterocycles. The third kappa shape index (κ3) is 4.84. The number of anilines is 1. The van der Waals surface area contributed by atoms with E-state index in [0.29, 0.717) is 12.1 Å². The summed E-state index contributed by atoms with van der Waals surface area (Å²) >= 11 is 6.14. The Morgan fingerprint density at radius 2 is 1.85 bits per heavy atom. The van der Waals surface area contributed by atoms with Crippen LogP contribution < -0.4 is 5.32 Å². The molecule has 0 spiro atoms. The van der Waals surface area contributed by atoms with Gasteiger partial charge in [-0.1, -0.05) is 42.8 Å². The quantitative estimate of drug-likeness (QED) is 0.771. The number of halogens is 1. The first-order chi connectivity index (χ1) is 12.3. The van der Waals surface area contributed by atoms with E-state index in [2.05, 4.69) is 5.32 Å². The maximum absolute atomic E-state index is 13.0. The predicted octanol–water partition coefficient (Wildman–Crippen LogP) is 4.00. The molecule has 0 saturated carbocycles. The van der Waals surface area contributed by atoms with E-state index in [9.17, 15) is 13.2 Å². The van der Waals surface area contributed by atoms with Crippen LogP contribution in [0.1, 0.15) is 24.5 Å². The van der Waals surface area contributed by atoms with Crippen LogP contribution in [0.15, 0.2) is 47.4 Å². The van der Waals surface area contributed by atoms with Gasteiger partial charge >= 0.3 is 0 Å². The van der Waals surface area contributed by atoms with Crippen LogP contribution in [0.5, 0.6) is 0 Å². The summed E-state index contributed by atoms with van der Waals surface area (Å²) in [5.74, 6) is -0.389. The van der Waals surface area contributed by atoms with Crippen molar-refractivity contribution in [1.29, 1.82) is 0 Å². The third-order valence-electron chi connectivity index (χ3n) is 3.92. The summed E-state index contributed by atoms with van der Waals surface area (Å²) in [7, 11) is -3.87.